The summed E-state index contributed by atoms with van der Waals surface area (Å²) in [4.78, 5) is 7.96. The van der Waals surface area contributed by atoms with Crippen molar-refractivity contribution in [3.8, 4) is 0 Å². The molecule has 1 fully saturated rings. The molecule has 1 heterocycles. The minimum absolute atomic E-state index is 0.336. The number of hydrogen-bond acceptors (Lipinski definition) is 4. The number of nitrogens with zero attached hydrogens (tertiary/aromatic N) is 2. The van der Waals surface area contributed by atoms with Crippen LogP contribution >= 0.6 is 11.6 Å². The largest absolute Gasteiger partial charge is 0.382 e. The second kappa shape index (κ2) is 4.87. The number of rotatable bonds is 2. The van der Waals surface area contributed by atoms with Gasteiger partial charge in [0.25, 0.3) is 0 Å². The molecule has 88 valence electrons. The van der Waals surface area contributed by atoms with Crippen LogP contribution in [0.15, 0.2) is 6.33 Å². The SMILES string of the molecule is CC1CCC(Nc2ncnc(N)c2Cl)CC1. The second-order valence-corrected chi connectivity index (χ2v) is 4.90. The van der Waals surface area contributed by atoms with E-state index in [1.807, 2.05) is 0 Å². The third kappa shape index (κ3) is 2.55. The highest BCUT2D eigenvalue weighted by Crippen LogP contribution is 2.29. The molecule has 1 aromatic heterocycles. The number of halogens is 1. The molecule has 0 aromatic carbocycles. The van der Waals surface area contributed by atoms with E-state index < -0.39 is 0 Å². The van der Waals surface area contributed by atoms with Gasteiger partial charge in [0.1, 0.15) is 17.2 Å². The molecule has 0 bridgehead atoms. The third-order valence-corrected chi connectivity index (χ3v) is 3.55. The molecule has 0 unspecified atom stereocenters. The van der Waals surface area contributed by atoms with Gasteiger partial charge < -0.3 is 11.1 Å². The van der Waals surface area contributed by atoms with Gasteiger partial charge in [0, 0.05) is 6.04 Å². The molecule has 1 aliphatic rings. The molecule has 0 aliphatic heterocycles. The van der Waals surface area contributed by atoms with Crippen molar-refractivity contribution in [2.45, 2.75) is 38.6 Å². The first-order valence-corrected chi connectivity index (χ1v) is 6.07. The smallest absolute Gasteiger partial charge is 0.150 e. The van der Waals surface area contributed by atoms with Crippen LogP contribution in [0.5, 0.6) is 0 Å². The van der Waals surface area contributed by atoms with Gasteiger partial charge >= 0.3 is 0 Å². The van der Waals surface area contributed by atoms with Gasteiger partial charge in [-0.2, -0.15) is 0 Å². The Morgan fingerprint density at radius 2 is 2.00 bits per heavy atom. The maximum absolute atomic E-state index is 6.03. The maximum atomic E-state index is 6.03. The fourth-order valence-electron chi connectivity index (χ4n) is 2.08. The van der Waals surface area contributed by atoms with Crippen LogP contribution < -0.4 is 11.1 Å². The zero-order valence-corrected chi connectivity index (χ0v) is 10.2. The van der Waals surface area contributed by atoms with E-state index in [1.165, 1.54) is 32.0 Å². The Bertz CT molecular complexity index is 361. The normalized spacial score (nSPS) is 25.4. The summed E-state index contributed by atoms with van der Waals surface area (Å²) >= 11 is 6.03. The van der Waals surface area contributed by atoms with Crippen molar-refractivity contribution in [3.05, 3.63) is 11.3 Å². The van der Waals surface area contributed by atoms with Gasteiger partial charge in [-0.25, -0.2) is 9.97 Å². The Kier molecular flexibility index (Phi) is 3.49. The highest BCUT2D eigenvalue weighted by atomic mass is 35.5. The lowest BCUT2D eigenvalue weighted by atomic mass is 9.87. The average Bonchev–Trinajstić information content (AvgIpc) is 2.28. The number of aromatic nitrogens is 2. The second-order valence-electron chi connectivity index (χ2n) is 4.52. The molecule has 1 saturated carbocycles. The first-order chi connectivity index (χ1) is 7.66. The van der Waals surface area contributed by atoms with Gasteiger partial charge in [0.2, 0.25) is 0 Å². The first-order valence-electron chi connectivity index (χ1n) is 5.69. The van der Waals surface area contributed by atoms with Crippen LogP contribution in [-0.4, -0.2) is 16.0 Å². The van der Waals surface area contributed by atoms with E-state index in [4.69, 9.17) is 17.3 Å². The van der Waals surface area contributed by atoms with Gasteiger partial charge in [-0.05, 0) is 31.6 Å². The van der Waals surface area contributed by atoms with Crippen LogP contribution in [0.25, 0.3) is 0 Å². The van der Waals surface area contributed by atoms with E-state index in [2.05, 4.69) is 22.2 Å². The Morgan fingerprint density at radius 3 is 2.69 bits per heavy atom. The van der Waals surface area contributed by atoms with E-state index in [9.17, 15) is 0 Å². The Balaban J connectivity index is 2.01. The minimum Gasteiger partial charge on any atom is -0.382 e. The Morgan fingerprint density at radius 1 is 1.31 bits per heavy atom. The van der Waals surface area contributed by atoms with Crippen LogP contribution in [0.1, 0.15) is 32.6 Å². The monoisotopic (exact) mass is 240 g/mol. The van der Waals surface area contributed by atoms with E-state index >= 15 is 0 Å². The van der Waals surface area contributed by atoms with E-state index in [-0.39, 0.29) is 0 Å². The number of anilines is 2. The molecule has 16 heavy (non-hydrogen) atoms. The van der Waals surface area contributed by atoms with Crippen molar-refractivity contribution in [2.24, 2.45) is 5.92 Å². The predicted octanol–water partition coefficient (Wildman–Crippen LogP) is 2.70. The standard InChI is InChI=1S/C11H17ClN4/c1-7-2-4-8(5-3-7)16-11-9(12)10(13)14-6-15-11/h6-8H,2-5H2,1H3,(H3,13,14,15,16). The Hall–Kier alpha value is -1.03. The Labute approximate surface area is 101 Å². The molecule has 1 aliphatic carbocycles. The molecule has 0 saturated heterocycles. The van der Waals surface area contributed by atoms with Crippen molar-refractivity contribution in [1.29, 1.82) is 0 Å². The van der Waals surface area contributed by atoms with Crippen LogP contribution in [0, 0.1) is 5.92 Å². The zero-order valence-electron chi connectivity index (χ0n) is 9.41. The molecule has 5 heteroatoms. The summed E-state index contributed by atoms with van der Waals surface area (Å²) in [5.74, 6) is 1.83. The van der Waals surface area contributed by atoms with Crippen molar-refractivity contribution in [3.63, 3.8) is 0 Å². The minimum atomic E-state index is 0.336. The molecular formula is C11H17ClN4. The van der Waals surface area contributed by atoms with Crippen molar-refractivity contribution < 1.29 is 0 Å². The van der Waals surface area contributed by atoms with E-state index in [0.717, 1.165) is 5.92 Å². The molecular weight excluding hydrogens is 224 g/mol. The van der Waals surface area contributed by atoms with Crippen LogP contribution in [0.4, 0.5) is 11.6 Å². The molecule has 0 amide bonds. The maximum Gasteiger partial charge on any atom is 0.150 e. The molecule has 0 atom stereocenters. The average molecular weight is 241 g/mol. The lowest BCUT2D eigenvalue weighted by molar-refractivity contribution is 0.361. The lowest BCUT2D eigenvalue weighted by Gasteiger charge is -2.27. The number of nitrogens with one attached hydrogen (secondary N) is 1. The topological polar surface area (TPSA) is 63.8 Å². The van der Waals surface area contributed by atoms with Crippen LogP contribution in [0.3, 0.4) is 0 Å². The van der Waals surface area contributed by atoms with Gasteiger partial charge in [-0.3, -0.25) is 0 Å². The fraction of sp³-hybridized carbons (Fsp3) is 0.636. The lowest BCUT2D eigenvalue weighted by Crippen LogP contribution is -2.25. The van der Waals surface area contributed by atoms with Gasteiger partial charge in [0.05, 0.1) is 0 Å². The molecule has 0 spiro atoms. The zero-order chi connectivity index (χ0) is 11.5. The van der Waals surface area contributed by atoms with Crippen LogP contribution in [-0.2, 0) is 0 Å². The molecule has 4 nitrogen and oxygen atoms in total. The first kappa shape index (κ1) is 11.5. The molecule has 1 aromatic rings. The summed E-state index contributed by atoms with van der Waals surface area (Å²) in [6.45, 7) is 2.30. The third-order valence-electron chi connectivity index (χ3n) is 3.17. The van der Waals surface area contributed by atoms with Gasteiger partial charge in [-0.1, -0.05) is 18.5 Å². The van der Waals surface area contributed by atoms with Gasteiger partial charge in [0.15, 0.2) is 5.82 Å². The van der Waals surface area contributed by atoms with E-state index in [1.54, 1.807) is 0 Å². The highest BCUT2D eigenvalue weighted by molar-refractivity contribution is 6.35. The van der Waals surface area contributed by atoms with Crippen LogP contribution in [0.2, 0.25) is 5.02 Å². The number of nitrogens with two attached hydrogens (primary N) is 1. The summed E-state index contributed by atoms with van der Waals surface area (Å²) < 4.78 is 0. The quantitative estimate of drug-likeness (QED) is 0.834. The fourth-order valence-corrected chi connectivity index (χ4v) is 2.23. The van der Waals surface area contributed by atoms with Crippen molar-refractivity contribution in [1.82, 2.24) is 9.97 Å². The predicted molar refractivity (Wildman–Crippen MR) is 66.5 cm³/mol. The summed E-state index contributed by atoms with van der Waals surface area (Å²) in [5, 5.41) is 3.78. The van der Waals surface area contributed by atoms with E-state index in [0.29, 0.717) is 22.7 Å². The van der Waals surface area contributed by atoms with Crippen molar-refractivity contribution >= 4 is 23.2 Å². The molecule has 2 rings (SSSR count). The summed E-state index contributed by atoms with van der Waals surface area (Å²) in [6.07, 6.45) is 6.30. The van der Waals surface area contributed by atoms with Gasteiger partial charge in [-0.15, -0.1) is 0 Å². The summed E-state index contributed by atoms with van der Waals surface area (Å²) in [5.41, 5.74) is 5.62. The summed E-state index contributed by atoms with van der Waals surface area (Å²) in [6, 6.07) is 0.461. The number of hydrogen-bond donors (Lipinski definition) is 2. The highest BCUT2D eigenvalue weighted by Gasteiger charge is 2.19. The number of nitrogen functional groups attached to an aromatic ring is 1. The summed E-state index contributed by atoms with van der Waals surface area (Å²) in [7, 11) is 0. The molecule has 3 N–H and O–H groups in total. The van der Waals surface area contributed by atoms with Crippen molar-refractivity contribution in [2.75, 3.05) is 11.1 Å². The molecule has 0 radical (unpaired) electrons.